The molecule has 0 bridgehead atoms. The van der Waals surface area contributed by atoms with Gasteiger partial charge in [0.25, 0.3) is 5.91 Å². The summed E-state index contributed by atoms with van der Waals surface area (Å²) in [5, 5.41) is 6.81. The van der Waals surface area contributed by atoms with E-state index in [1.165, 1.54) is 0 Å². The molecule has 0 aliphatic carbocycles. The van der Waals surface area contributed by atoms with Gasteiger partial charge < -0.3 is 10.6 Å². The van der Waals surface area contributed by atoms with E-state index < -0.39 is 0 Å². The van der Waals surface area contributed by atoms with E-state index >= 15 is 0 Å². The molecule has 2 aromatic heterocycles. The summed E-state index contributed by atoms with van der Waals surface area (Å²) in [6.07, 6.45) is 5.02. The van der Waals surface area contributed by atoms with Crippen molar-refractivity contribution in [3.05, 3.63) is 40.1 Å². The smallest absolute Gasteiger partial charge is 0.253 e. The normalized spacial score (nSPS) is 10.1. The van der Waals surface area contributed by atoms with E-state index in [1.54, 1.807) is 43.0 Å². The van der Waals surface area contributed by atoms with Crippen LogP contribution in [0.5, 0.6) is 0 Å². The molecule has 2 rings (SSSR count). The molecule has 0 radical (unpaired) electrons. The van der Waals surface area contributed by atoms with E-state index in [0.717, 1.165) is 15.6 Å². The van der Waals surface area contributed by atoms with Crippen molar-refractivity contribution in [3.8, 4) is 0 Å². The van der Waals surface area contributed by atoms with Crippen LogP contribution in [-0.4, -0.2) is 22.9 Å². The molecule has 94 valence electrons. The first-order chi connectivity index (χ1) is 8.70. The summed E-state index contributed by atoms with van der Waals surface area (Å²) in [5.41, 5.74) is 1.31. The molecule has 0 atom stereocenters. The molecule has 0 spiro atoms. The zero-order chi connectivity index (χ0) is 13.0. The van der Waals surface area contributed by atoms with Gasteiger partial charge in [0.05, 0.1) is 29.0 Å². The van der Waals surface area contributed by atoms with Crippen molar-refractivity contribution in [2.75, 3.05) is 12.4 Å². The van der Waals surface area contributed by atoms with Gasteiger partial charge in [0, 0.05) is 24.3 Å². The molecule has 0 saturated heterocycles. The lowest BCUT2D eigenvalue weighted by molar-refractivity contribution is 0.0952. The maximum absolute atomic E-state index is 12.0. The Balaban J connectivity index is 2.03. The lowest BCUT2D eigenvalue weighted by Gasteiger charge is -2.08. The van der Waals surface area contributed by atoms with E-state index in [2.05, 4.69) is 20.6 Å². The van der Waals surface area contributed by atoms with Gasteiger partial charge in [-0.25, -0.2) is 4.98 Å². The molecule has 0 aliphatic heterocycles. The monoisotopic (exact) mass is 262 g/mol. The molecule has 2 N–H and O–H groups in total. The molecule has 0 aliphatic rings. The van der Waals surface area contributed by atoms with Gasteiger partial charge in [-0.05, 0) is 13.0 Å². The number of anilines is 1. The minimum absolute atomic E-state index is 0.118. The molecule has 0 saturated carbocycles. The Hall–Kier alpha value is -1.95. The van der Waals surface area contributed by atoms with E-state index in [0.29, 0.717) is 12.1 Å². The Kier molecular flexibility index (Phi) is 3.88. The number of rotatable bonds is 4. The third-order valence-electron chi connectivity index (χ3n) is 2.43. The summed E-state index contributed by atoms with van der Waals surface area (Å²) >= 11 is 1.58. The van der Waals surface area contributed by atoms with Crippen LogP contribution in [0.2, 0.25) is 0 Å². The highest BCUT2D eigenvalue weighted by Gasteiger charge is 2.10. The Labute approximate surface area is 109 Å². The molecule has 1 amide bonds. The van der Waals surface area contributed by atoms with E-state index in [1.807, 2.05) is 6.92 Å². The molecule has 0 aromatic carbocycles. The number of hydrogen-bond donors (Lipinski definition) is 2. The quantitative estimate of drug-likeness (QED) is 0.882. The molecule has 6 heteroatoms. The minimum Gasteiger partial charge on any atom is -0.386 e. The van der Waals surface area contributed by atoms with Crippen LogP contribution in [0.15, 0.2) is 24.7 Å². The van der Waals surface area contributed by atoms with Crippen molar-refractivity contribution >= 4 is 22.9 Å². The highest BCUT2D eigenvalue weighted by molar-refractivity contribution is 7.11. The molecule has 0 fully saturated rings. The Morgan fingerprint density at radius 2 is 2.28 bits per heavy atom. The minimum atomic E-state index is -0.118. The van der Waals surface area contributed by atoms with E-state index in [9.17, 15) is 4.79 Å². The first kappa shape index (κ1) is 12.5. The number of pyridine rings is 1. The van der Waals surface area contributed by atoms with Gasteiger partial charge in [0.15, 0.2) is 0 Å². The predicted octanol–water partition coefficient (Wildman–Crippen LogP) is 1.82. The summed E-state index contributed by atoms with van der Waals surface area (Å²) in [4.78, 5) is 21.2. The first-order valence-electron chi connectivity index (χ1n) is 5.52. The third kappa shape index (κ3) is 2.84. The average Bonchev–Trinajstić information content (AvgIpc) is 2.81. The van der Waals surface area contributed by atoms with Crippen LogP contribution in [0.3, 0.4) is 0 Å². The van der Waals surface area contributed by atoms with Crippen LogP contribution in [-0.2, 0) is 6.54 Å². The number of hydrogen-bond acceptors (Lipinski definition) is 5. The van der Waals surface area contributed by atoms with Crippen LogP contribution >= 0.6 is 11.3 Å². The summed E-state index contributed by atoms with van der Waals surface area (Å²) in [7, 11) is 1.76. The summed E-state index contributed by atoms with van der Waals surface area (Å²) in [5.74, 6) is -0.118. The fraction of sp³-hybridized carbons (Fsp3) is 0.250. The summed E-state index contributed by atoms with van der Waals surface area (Å²) < 4.78 is 0. The third-order valence-corrected chi connectivity index (χ3v) is 3.34. The lowest BCUT2D eigenvalue weighted by Crippen LogP contribution is -2.23. The zero-order valence-corrected chi connectivity index (χ0v) is 11.0. The lowest BCUT2D eigenvalue weighted by atomic mass is 10.2. The van der Waals surface area contributed by atoms with Crippen LogP contribution in [0.25, 0.3) is 0 Å². The number of carbonyl (C=O) groups is 1. The SMILES string of the molecule is CNc1cnccc1C(=O)NCc1cnc(C)s1. The fourth-order valence-electron chi connectivity index (χ4n) is 1.54. The molecule has 18 heavy (non-hydrogen) atoms. The highest BCUT2D eigenvalue weighted by atomic mass is 32.1. The van der Waals surface area contributed by atoms with Gasteiger partial charge in [-0.2, -0.15) is 0 Å². The van der Waals surface area contributed by atoms with Crippen molar-refractivity contribution in [2.45, 2.75) is 13.5 Å². The molecule has 2 heterocycles. The van der Waals surface area contributed by atoms with Gasteiger partial charge in [-0.15, -0.1) is 11.3 Å². The van der Waals surface area contributed by atoms with Crippen LogP contribution in [0.4, 0.5) is 5.69 Å². The second kappa shape index (κ2) is 5.59. The fourth-order valence-corrected chi connectivity index (χ4v) is 2.28. The zero-order valence-electron chi connectivity index (χ0n) is 10.2. The van der Waals surface area contributed by atoms with Gasteiger partial charge >= 0.3 is 0 Å². The average molecular weight is 262 g/mol. The second-order valence-corrected chi connectivity index (χ2v) is 5.02. The van der Waals surface area contributed by atoms with E-state index in [-0.39, 0.29) is 5.91 Å². The predicted molar refractivity (Wildman–Crippen MR) is 71.8 cm³/mol. The second-order valence-electron chi connectivity index (χ2n) is 3.70. The topological polar surface area (TPSA) is 66.9 Å². The van der Waals surface area contributed by atoms with Gasteiger partial charge in [0.1, 0.15) is 0 Å². The molecular formula is C12H14N4OS. The number of aryl methyl sites for hydroxylation is 1. The van der Waals surface area contributed by atoms with Crippen molar-refractivity contribution in [1.29, 1.82) is 0 Å². The molecular weight excluding hydrogens is 248 g/mol. The summed E-state index contributed by atoms with van der Waals surface area (Å²) in [6, 6.07) is 1.69. The maximum Gasteiger partial charge on any atom is 0.253 e. The number of thiazole rings is 1. The van der Waals surface area contributed by atoms with Crippen LogP contribution in [0, 0.1) is 6.92 Å². The number of aromatic nitrogens is 2. The van der Waals surface area contributed by atoms with E-state index in [4.69, 9.17) is 0 Å². The first-order valence-corrected chi connectivity index (χ1v) is 6.33. The molecule has 5 nitrogen and oxygen atoms in total. The van der Waals surface area contributed by atoms with Gasteiger partial charge in [0.2, 0.25) is 0 Å². The Morgan fingerprint density at radius 3 is 2.94 bits per heavy atom. The number of nitrogens with one attached hydrogen (secondary N) is 2. The summed E-state index contributed by atoms with van der Waals surface area (Å²) in [6.45, 7) is 2.44. The standard InChI is InChI=1S/C12H14N4OS/c1-8-15-5-9(18-8)6-16-12(17)10-3-4-14-7-11(10)13-2/h3-5,7,13H,6H2,1-2H3,(H,16,17). The number of nitrogens with zero attached hydrogens (tertiary/aromatic N) is 2. The van der Waals surface area contributed by atoms with Crippen LogP contribution in [0.1, 0.15) is 20.2 Å². The largest absolute Gasteiger partial charge is 0.386 e. The van der Waals surface area contributed by atoms with Crippen LogP contribution < -0.4 is 10.6 Å². The van der Waals surface area contributed by atoms with Gasteiger partial charge in [-0.1, -0.05) is 0 Å². The van der Waals surface area contributed by atoms with Crippen molar-refractivity contribution in [3.63, 3.8) is 0 Å². The number of amides is 1. The maximum atomic E-state index is 12.0. The number of carbonyl (C=O) groups excluding carboxylic acids is 1. The highest BCUT2D eigenvalue weighted by Crippen LogP contribution is 2.14. The van der Waals surface area contributed by atoms with Crippen molar-refractivity contribution in [1.82, 2.24) is 15.3 Å². The Bertz CT molecular complexity index is 553. The van der Waals surface area contributed by atoms with Crippen molar-refractivity contribution < 1.29 is 4.79 Å². The molecule has 0 unspecified atom stereocenters. The molecule has 2 aromatic rings. The Morgan fingerprint density at radius 1 is 1.44 bits per heavy atom. The van der Waals surface area contributed by atoms with Crippen molar-refractivity contribution in [2.24, 2.45) is 0 Å². The van der Waals surface area contributed by atoms with Gasteiger partial charge in [-0.3, -0.25) is 9.78 Å².